The molecule has 2 heterocycles. The van der Waals surface area contributed by atoms with Crippen molar-refractivity contribution in [1.29, 1.82) is 0 Å². The Hall–Kier alpha value is -2.48. The monoisotopic (exact) mass is 289 g/mol. The number of hydrogen-bond acceptors (Lipinski definition) is 6. The van der Waals surface area contributed by atoms with Crippen molar-refractivity contribution in [3.8, 4) is 5.75 Å². The Kier molecular flexibility index (Phi) is 3.30. The van der Waals surface area contributed by atoms with Crippen LogP contribution in [0.4, 0.5) is 0 Å². The van der Waals surface area contributed by atoms with E-state index in [1.807, 2.05) is 0 Å². The summed E-state index contributed by atoms with van der Waals surface area (Å²) in [6.45, 7) is 0.360. The number of amides is 1. The zero-order chi connectivity index (χ0) is 13.9. The SMILES string of the molecule is COc1ccc(C(=O)NCc2nn3cnnc3s2)cc1. The molecule has 0 saturated heterocycles. The molecule has 0 fully saturated rings. The molecule has 1 aromatic carbocycles. The van der Waals surface area contributed by atoms with Crippen LogP contribution in [0.1, 0.15) is 15.4 Å². The molecule has 0 aliphatic carbocycles. The van der Waals surface area contributed by atoms with Crippen LogP contribution < -0.4 is 10.1 Å². The van der Waals surface area contributed by atoms with Crippen LogP contribution in [0.25, 0.3) is 4.96 Å². The maximum Gasteiger partial charge on any atom is 0.251 e. The second-order valence-electron chi connectivity index (χ2n) is 3.97. The van der Waals surface area contributed by atoms with Gasteiger partial charge in [-0.1, -0.05) is 11.3 Å². The lowest BCUT2D eigenvalue weighted by atomic mass is 10.2. The normalized spacial score (nSPS) is 10.7. The largest absolute Gasteiger partial charge is 0.497 e. The fourth-order valence-electron chi connectivity index (χ4n) is 1.67. The second-order valence-corrected chi connectivity index (χ2v) is 5.01. The molecule has 3 rings (SSSR count). The molecule has 0 bridgehead atoms. The van der Waals surface area contributed by atoms with Gasteiger partial charge < -0.3 is 10.1 Å². The smallest absolute Gasteiger partial charge is 0.251 e. The number of fused-ring (bicyclic) bond motifs is 1. The van der Waals surface area contributed by atoms with Crippen molar-refractivity contribution in [3.05, 3.63) is 41.2 Å². The standard InChI is InChI=1S/C12H11N5O2S/c1-19-9-4-2-8(3-5-9)11(18)13-6-10-16-17-7-14-15-12(17)20-10/h2-5,7H,6H2,1H3,(H,13,18). The van der Waals surface area contributed by atoms with E-state index in [0.717, 1.165) is 10.8 Å². The molecule has 0 unspecified atom stereocenters. The van der Waals surface area contributed by atoms with E-state index < -0.39 is 0 Å². The second kappa shape index (κ2) is 5.25. The van der Waals surface area contributed by atoms with Crippen LogP contribution in [0.3, 0.4) is 0 Å². The molecule has 20 heavy (non-hydrogen) atoms. The number of methoxy groups -OCH3 is 1. The average molecular weight is 289 g/mol. The fraction of sp³-hybridized carbons (Fsp3) is 0.167. The van der Waals surface area contributed by atoms with Gasteiger partial charge in [-0.3, -0.25) is 4.79 Å². The minimum absolute atomic E-state index is 0.154. The Morgan fingerprint density at radius 3 is 2.90 bits per heavy atom. The Morgan fingerprint density at radius 1 is 1.40 bits per heavy atom. The number of nitrogens with one attached hydrogen (secondary N) is 1. The van der Waals surface area contributed by atoms with Crippen LogP contribution in [0.2, 0.25) is 0 Å². The minimum Gasteiger partial charge on any atom is -0.497 e. The summed E-state index contributed by atoms with van der Waals surface area (Å²) in [6.07, 6.45) is 1.53. The number of nitrogens with zero attached hydrogens (tertiary/aromatic N) is 4. The van der Waals surface area contributed by atoms with Crippen molar-refractivity contribution in [2.45, 2.75) is 6.54 Å². The fourth-order valence-corrected chi connectivity index (χ4v) is 2.43. The molecule has 0 spiro atoms. The number of ether oxygens (including phenoxy) is 1. The van der Waals surface area contributed by atoms with Crippen LogP contribution in [-0.2, 0) is 6.54 Å². The molecule has 0 atom stereocenters. The molecule has 102 valence electrons. The van der Waals surface area contributed by atoms with Gasteiger partial charge in [0, 0.05) is 5.56 Å². The molecule has 7 nitrogen and oxygen atoms in total. The number of aromatic nitrogens is 4. The van der Waals surface area contributed by atoms with Crippen molar-refractivity contribution in [2.75, 3.05) is 7.11 Å². The van der Waals surface area contributed by atoms with E-state index in [2.05, 4.69) is 20.6 Å². The van der Waals surface area contributed by atoms with Gasteiger partial charge in [0.25, 0.3) is 5.91 Å². The Bertz CT molecular complexity index is 705. The van der Waals surface area contributed by atoms with Crippen molar-refractivity contribution < 1.29 is 9.53 Å². The predicted molar refractivity (Wildman–Crippen MR) is 72.8 cm³/mol. The number of carbonyl (C=O) groups is 1. The van der Waals surface area contributed by atoms with Gasteiger partial charge in [0.2, 0.25) is 4.96 Å². The third-order valence-corrected chi connectivity index (χ3v) is 3.59. The lowest BCUT2D eigenvalue weighted by Crippen LogP contribution is -2.22. The van der Waals surface area contributed by atoms with Gasteiger partial charge in [-0.15, -0.1) is 10.2 Å². The Labute approximate surface area is 118 Å². The Balaban J connectivity index is 1.64. The van der Waals surface area contributed by atoms with Gasteiger partial charge in [0.05, 0.1) is 13.7 Å². The lowest BCUT2D eigenvalue weighted by molar-refractivity contribution is 0.0950. The molecule has 0 aliphatic rings. The number of hydrogen-bond donors (Lipinski definition) is 1. The van der Waals surface area contributed by atoms with E-state index >= 15 is 0 Å². The summed E-state index contributed by atoms with van der Waals surface area (Å²) in [4.78, 5) is 12.7. The summed E-state index contributed by atoms with van der Waals surface area (Å²) >= 11 is 1.39. The molecule has 3 aromatic rings. The molecule has 0 aliphatic heterocycles. The lowest BCUT2D eigenvalue weighted by Gasteiger charge is -2.04. The van der Waals surface area contributed by atoms with Gasteiger partial charge in [0.1, 0.15) is 17.1 Å². The van der Waals surface area contributed by atoms with Gasteiger partial charge in [-0.05, 0) is 24.3 Å². The highest BCUT2D eigenvalue weighted by atomic mass is 32.1. The maximum atomic E-state index is 12.0. The van der Waals surface area contributed by atoms with E-state index in [9.17, 15) is 4.79 Å². The van der Waals surface area contributed by atoms with E-state index in [0.29, 0.717) is 17.1 Å². The third-order valence-electron chi connectivity index (χ3n) is 2.68. The van der Waals surface area contributed by atoms with E-state index in [-0.39, 0.29) is 5.91 Å². The maximum absolute atomic E-state index is 12.0. The van der Waals surface area contributed by atoms with Crippen LogP contribution in [0.5, 0.6) is 5.75 Å². The quantitative estimate of drug-likeness (QED) is 0.778. The van der Waals surface area contributed by atoms with Gasteiger partial charge in [-0.25, -0.2) is 0 Å². The predicted octanol–water partition coefficient (Wildman–Crippen LogP) is 1.12. The van der Waals surface area contributed by atoms with Gasteiger partial charge in [-0.2, -0.15) is 9.61 Å². The number of carbonyl (C=O) groups excluding carboxylic acids is 1. The highest BCUT2D eigenvalue weighted by Crippen LogP contribution is 2.13. The van der Waals surface area contributed by atoms with Crippen LogP contribution >= 0.6 is 11.3 Å². The molecule has 2 aromatic heterocycles. The van der Waals surface area contributed by atoms with E-state index in [1.165, 1.54) is 17.7 Å². The summed E-state index contributed by atoms with van der Waals surface area (Å²) in [6, 6.07) is 6.93. The van der Waals surface area contributed by atoms with Crippen molar-refractivity contribution in [1.82, 2.24) is 25.1 Å². The molecular formula is C12H11N5O2S. The van der Waals surface area contributed by atoms with Crippen molar-refractivity contribution in [3.63, 3.8) is 0 Å². The summed E-state index contributed by atoms with van der Waals surface area (Å²) in [5.74, 6) is 0.564. The first-order valence-electron chi connectivity index (χ1n) is 5.84. The first-order chi connectivity index (χ1) is 9.76. The molecule has 1 N–H and O–H groups in total. The topological polar surface area (TPSA) is 81.4 Å². The van der Waals surface area contributed by atoms with E-state index in [4.69, 9.17) is 4.74 Å². The summed E-state index contributed by atoms with van der Waals surface area (Å²) in [5.41, 5.74) is 0.578. The van der Waals surface area contributed by atoms with Crippen molar-refractivity contribution in [2.24, 2.45) is 0 Å². The molecular weight excluding hydrogens is 278 g/mol. The third kappa shape index (κ3) is 2.45. The zero-order valence-corrected chi connectivity index (χ0v) is 11.4. The average Bonchev–Trinajstić information content (AvgIpc) is 3.06. The molecule has 0 saturated carbocycles. The first-order valence-corrected chi connectivity index (χ1v) is 6.66. The highest BCUT2D eigenvalue weighted by Gasteiger charge is 2.09. The number of benzene rings is 1. The summed E-state index contributed by atoms with van der Waals surface area (Å²) in [5, 5.41) is 15.4. The van der Waals surface area contributed by atoms with Crippen molar-refractivity contribution >= 4 is 22.2 Å². The summed E-state index contributed by atoms with van der Waals surface area (Å²) in [7, 11) is 1.59. The minimum atomic E-state index is -0.154. The summed E-state index contributed by atoms with van der Waals surface area (Å²) < 4.78 is 6.63. The van der Waals surface area contributed by atoms with Crippen LogP contribution in [0, 0.1) is 0 Å². The molecule has 0 radical (unpaired) electrons. The van der Waals surface area contributed by atoms with Crippen LogP contribution in [-0.4, -0.2) is 32.8 Å². The van der Waals surface area contributed by atoms with E-state index in [1.54, 1.807) is 35.9 Å². The first kappa shape index (κ1) is 12.5. The zero-order valence-electron chi connectivity index (χ0n) is 10.6. The molecule has 1 amide bonds. The van der Waals surface area contributed by atoms with Crippen LogP contribution in [0.15, 0.2) is 30.6 Å². The Morgan fingerprint density at radius 2 is 2.20 bits per heavy atom. The van der Waals surface area contributed by atoms with Gasteiger partial charge in [0.15, 0.2) is 0 Å². The molecule has 8 heteroatoms. The highest BCUT2D eigenvalue weighted by molar-refractivity contribution is 7.16. The number of rotatable bonds is 4. The van der Waals surface area contributed by atoms with Gasteiger partial charge >= 0.3 is 0 Å².